The van der Waals surface area contributed by atoms with E-state index in [1.807, 2.05) is 0 Å². The number of aryl methyl sites for hydroxylation is 1. The fourth-order valence-corrected chi connectivity index (χ4v) is 1.77. The summed E-state index contributed by atoms with van der Waals surface area (Å²) in [5.74, 6) is -0.569. The van der Waals surface area contributed by atoms with Crippen molar-refractivity contribution in [3.05, 3.63) is 17.3 Å². The van der Waals surface area contributed by atoms with Gasteiger partial charge in [-0.1, -0.05) is 0 Å². The Labute approximate surface area is 84.5 Å². The molecule has 1 aliphatic carbocycles. The molecule has 0 bridgehead atoms. The second-order valence-corrected chi connectivity index (χ2v) is 3.73. The molecule has 2 rings (SSSR count). The standard InChI is InChI=1S/C9H11F3N2O/c10-9(11,12)8-14-6-2-1-5(4-13)3-7(6)15-8/h5H,1-4,13H2. The lowest BCUT2D eigenvalue weighted by Gasteiger charge is -2.17. The number of fused-ring (bicyclic) bond motifs is 1. The van der Waals surface area contributed by atoms with Crippen molar-refractivity contribution in [2.45, 2.75) is 25.4 Å². The van der Waals surface area contributed by atoms with E-state index in [2.05, 4.69) is 4.98 Å². The Morgan fingerprint density at radius 2 is 2.20 bits per heavy atom. The van der Waals surface area contributed by atoms with Crippen LogP contribution in [0.25, 0.3) is 0 Å². The zero-order chi connectivity index (χ0) is 11.1. The van der Waals surface area contributed by atoms with Crippen LogP contribution in [-0.4, -0.2) is 11.5 Å². The molecule has 1 heterocycles. The monoisotopic (exact) mass is 220 g/mol. The number of aromatic nitrogens is 1. The topological polar surface area (TPSA) is 52.0 Å². The molecule has 0 saturated carbocycles. The van der Waals surface area contributed by atoms with Crippen LogP contribution in [0.5, 0.6) is 0 Å². The van der Waals surface area contributed by atoms with E-state index >= 15 is 0 Å². The maximum Gasteiger partial charge on any atom is 0.468 e. The molecular weight excluding hydrogens is 209 g/mol. The van der Waals surface area contributed by atoms with Gasteiger partial charge in [-0.25, -0.2) is 4.98 Å². The number of nitrogens with two attached hydrogens (primary N) is 1. The first-order chi connectivity index (χ1) is 7.00. The molecule has 84 valence electrons. The normalized spacial score (nSPS) is 21.5. The molecule has 1 aromatic heterocycles. The molecule has 15 heavy (non-hydrogen) atoms. The van der Waals surface area contributed by atoms with Crippen molar-refractivity contribution in [3.8, 4) is 0 Å². The maximum atomic E-state index is 12.3. The summed E-state index contributed by atoms with van der Waals surface area (Å²) in [6, 6.07) is 0. The average Bonchev–Trinajstić information content (AvgIpc) is 2.59. The van der Waals surface area contributed by atoms with E-state index in [0.29, 0.717) is 30.8 Å². The molecule has 2 N–H and O–H groups in total. The summed E-state index contributed by atoms with van der Waals surface area (Å²) in [4.78, 5) is 3.46. The summed E-state index contributed by atoms with van der Waals surface area (Å²) in [6.45, 7) is 0.474. The highest BCUT2D eigenvalue weighted by Crippen LogP contribution is 2.33. The van der Waals surface area contributed by atoms with Gasteiger partial charge in [-0.3, -0.25) is 0 Å². The Morgan fingerprint density at radius 3 is 2.80 bits per heavy atom. The van der Waals surface area contributed by atoms with Crippen LogP contribution in [0.2, 0.25) is 0 Å². The number of hydrogen-bond donors (Lipinski definition) is 1. The van der Waals surface area contributed by atoms with Gasteiger partial charge in [0.15, 0.2) is 0 Å². The van der Waals surface area contributed by atoms with E-state index < -0.39 is 12.1 Å². The number of oxazole rings is 1. The lowest BCUT2D eigenvalue weighted by molar-refractivity contribution is -0.157. The largest absolute Gasteiger partial charge is 0.468 e. The molecule has 1 unspecified atom stereocenters. The van der Waals surface area contributed by atoms with Gasteiger partial charge in [0, 0.05) is 6.42 Å². The van der Waals surface area contributed by atoms with Crippen molar-refractivity contribution in [3.63, 3.8) is 0 Å². The third-order valence-electron chi connectivity index (χ3n) is 2.62. The van der Waals surface area contributed by atoms with Crippen LogP contribution in [-0.2, 0) is 19.0 Å². The molecule has 1 atom stereocenters. The first-order valence-electron chi connectivity index (χ1n) is 4.76. The van der Waals surface area contributed by atoms with Gasteiger partial charge in [-0.2, -0.15) is 13.2 Å². The van der Waals surface area contributed by atoms with Gasteiger partial charge in [0.25, 0.3) is 0 Å². The zero-order valence-electron chi connectivity index (χ0n) is 7.97. The van der Waals surface area contributed by atoms with Gasteiger partial charge >= 0.3 is 12.1 Å². The fourth-order valence-electron chi connectivity index (χ4n) is 1.77. The summed E-state index contributed by atoms with van der Waals surface area (Å²) in [7, 11) is 0. The molecule has 1 aliphatic rings. The van der Waals surface area contributed by atoms with Crippen LogP contribution in [0.3, 0.4) is 0 Å². The summed E-state index contributed by atoms with van der Waals surface area (Å²) in [6.07, 6.45) is -2.71. The second-order valence-electron chi connectivity index (χ2n) is 3.73. The van der Waals surface area contributed by atoms with Crippen molar-refractivity contribution in [1.29, 1.82) is 0 Å². The predicted octanol–water partition coefficient (Wildman–Crippen LogP) is 1.76. The minimum Gasteiger partial charge on any atom is -0.438 e. The molecule has 0 spiro atoms. The van der Waals surface area contributed by atoms with E-state index in [9.17, 15) is 13.2 Å². The molecule has 6 heteroatoms. The highest BCUT2D eigenvalue weighted by atomic mass is 19.4. The summed E-state index contributed by atoms with van der Waals surface area (Å²) < 4.78 is 41.5. The van der Waals surface area contributed by atoms with E-state index in [1.54, 1.807) is 0 Å². The highest BCUT2D eigenvalue weighted by molar-refractivity contribution is 5.15. The van der Waals surface area contributed by atoms with Gasteiger partial charge in [0.1, 0.15) is 5.76 Å². The average molecular weight is 220 g/mol. The van der Waals surface area contributed by atoms with Gasteiger partial charge in [0.05, 0.1) is 5.69 Å². The van der Waals surface area contributed by atoms with Crippen LogP contribution < -0.4 is 5.73 Å². The number of nitrogens with zero attached hydrogens (tertiary/aromatic N) is 1. The van der Waals surface area contributed by atoms with Gasteiger partial charge in [-0.15, -0.1) is 0 Å². The number of halogens is 3. The Hall–Kier alpha value is -1.04. The predicted molar refractivity (Wildman–Crippen MR) is 46.1 cm³/mol. The molecule has 3 nitrogen and oxygen atoms in total. The quantitative estimate of drug-likeness (QED) is 0.784. The molecule has 1 aromatic rings. The molecule has 0 radical (unpaired) electrons. The first-order valence-corrected chi connectivity index (χ1v) is 4.76. The lowest BCUT2D eigenvalue weighted by Crippen LogP contribution is -2.21. The molecule has 0 fully saturated rings. The summed E-state index contributed by atoms with van der Waals surface area (Å²) in [5, 5.41) is 0. The fraction of sp³-hybridized carbons (Fsp3) is 0.667. The van der Waals surface area contributed by atoms with Crippen molar-refractivity contribution >= 4 is 0 Å². The third-order valence-corrected chi connectivity index (χ3v) is 2.62. The smallest absolute Gasteiger partial charge is 0.438 e. The van der Waals surface area contributed by atoms with Crippen LogP contribution in [0.15, 0.2) is 4.42 Å². The van der Waals surface area contributed by atoms with Gasteiger partial charge < -0.3 is 10.2 Å². The zero-order valence-corrected chi connectivity index (χ0v) is 7.97. The van der Waals surface area contributed by atoms with Crippen LogP contribution in [0, 0.1) is 5.92 Å². The van der Waals surface area contributed by atoms with Crippen LogP contribution >= 0.6 is 0 Å². The molecule has 0 aromatic carbocycles. The third kappa shape index (κ3) is 1.99. The first kappa shape index (κ1) is 10.5. The summed E-state index contributed by atoms with van der Waals surface area (Å²) in [5.41, 5.74) is 5.91. The number of alkyl halides is 3. The van der Waals surface area contributed by atoms with Gasteiger partial charge in [-0.05, 0) is 25.3 Å². The Morgan fingerprint density at radius 1 is 1.47 bits per heavy atom. The van der Waals surface area contributed by atoms with E-state index in [-0.39, 0.29) is 5.92 Å². The molecule has 0 amide bonds. The van der Waals surface area contributed by atoms with Crippen molar-refractivity contribution in [2.24, 2.45) is 11.7 Å². The van der Waals surface area contributed by atoms with Crippen LogP contribution in [0.4, 0.5) is 13.2 Å². The van der Waals surface area contributed by atoms with Crippen molar-refractivity contribution in [2.75, 3.05) is 6.54 Å². The van der Waals surface area contributed by atoms with Crippen molar-refractivity contribution in [1.82, 2.24) is 4.98 Å². The van der Waals surface area contributed by atoms with Crippen molar-refractivity contribution < 1.29 is 17.6 Å². The van der Waals surface area contributed by atoms with E-state index in [1.165, 1.54) is 0 Å². The van der Waals surface area contributed by atoms with E-state index in [4.69, 9.17) is 10.2 Å². The second kappa shape index (κ2) is 3.52. The highest BCUT2D eigenvalue weighted by Gasteiger charge is 2.39. The lowest BCUT2D eigenvalue weighted by atomic mass is 9.91. The molecule has 0 aliphatic heterocycles. The Bertz CT molecular complexity index is 359. The molecular formula is C9H11F3N2O. The molecule has 0 saturated heterocycles. The maximum absolute atomic E-state index is 12.3. The SMILES string of the molecule is NCC1CCc2nc(C(F)(F)F)oc2C1. The summed E-state index contributed by atoms with van der Waals surface area (Å²) >= 11 is 0. The Balaban J connectivity index is 2.26. The number of rotatable bonds is 1. The minimum atomic E-state index is -4.49. The number of hydrogen-bond acceptors (Lipinski definition) is 3. The van der Waals surface area contributed by atoms with Crippen LogP contribution in [0.1, 0.15) is 23.8 Å². The minimum absolute atomic E-state index is 0.214. The van der Waals surface area contributed by atoms with E-state index in [0.717, 1.165) is 6.42 Å². The van der Waals surface area contributed by atoms with Gasteiger partial charge in [0.2, 0.25) is 0 Å². The Kier molecular flexibility index (Phi) is 2.46.